The van der Waals surface area contributed by atoms with Crippen LogP contribution in [0.4, 0.5) is 0 Å². The number of rotatable bonds is 4. The molecule has 0 N–H and O–H groups in total. The van der Waals surface area contributed by atoms with E-state index in [4.69, 9.17) is 16.3 Å². The molecule has 0 amide bonds. The molecule has 0 radical (unpaired) electrons. The van der Waals surface area contributed by atoms with Gasteiger partial charge in [0.2, 0.25) is 0 Å². The van der Waals surface area contributed by atoms with Crippen LogP contribution in [0.1, 0.15) is 18.3 Å². The van der Waals surface area contributed by atoms with Crippen molar-refractivity contribution in [3.63, 3.8) is 0 Å². The molecule has 0 aliphatic carbocycles. The van der Waals surface area contributed by atoms with Crippen LogP contribution in [0.15, 0.2) is 4.47 Å². The Labute approximate surface area is 121 Å². The minimum absolute atomic E-state index is 0.151. The molecule has 1 aliphatic rings. The SMILES string of the molecule is CCn1nc(C)c(Br)c1CN1CCOC(CCl)C1. The molecule has 1 fully saturated rings. The molecule has 4 nitrogen and oxygen atoms in total. The first-order valence-corrected chi connectivity index (χ1v) is 7.60. The van der Waals surface area contributed by atoms with E-state index >= 15 is 0 Å². The molecule has 2 rings (SSSR count). The minimum Gasteiger partial charge on any atom is -0.374 e. The Balaban J connectivity index is 2.08. The van der Waals surface area contributed by atoms with Gasteiger partial charge in [0.15, 0.2) is 0 Å². The maximum absolute atomic E-state index is 5.86. The summed E-state index contributed by atoms with van der Waals surface area (Å²) in [7, 11) is 0. The molecule has 1 atom stereocenters. The Morgan fingerprint density at radius 2 is 2.33 bits per heavy atom. The Morgan fingerprint density at radius 1 is 1.56 bits per heavy atom. The summed E-state index contributed by atoms with van der Waals surface area (Å²) in [5, 5.41) is 4.52. The average Bonchev–Trinajstić information content (AvgIpc) is 2.67. The first kappa shape index (κ1) is 14.3. The fourth-order valence-electron chi connectivity index (χ4n) is 2.25. The summed E-state index contributed by atoms with van der Waals surface area (Å²) in [4.78, 5) is 2.38. The zero-order valence-electron chi connectivity index (χ0n) is 10.8. The molecule has 0 saturated carbocycles. The zero-order chi connectivity index (χ0) is 13.1. The number of alkyl halides is 1. The lowest BCUT2D eigenvalue weighted by atomic mass is 10.2. The zero-order valence-corrected chi connectivity index (χ0v) is 13.2. The number of hydrogen-bond donors (Lipinski definition) is 0. The third-order valence-electron chi connectivity index (χ3n) is 3.22. The van der Waals surface area contributed by atoms with E-state index in [0.29, 0.717) is 5.88 Å². The number of aryl methyl sites for hydroxylation is 2. The van der Waals surface area contributed by atoms with E-state index in [9.17, 15) is 0 Å². The number of nitrogens with zero attached hydrogens (tertiary/aromatic N) is 3. The molecule has 0 aromatic carbocycles. The highest BCUT2D eigenvalue weighted by atomic mass is 79.9. The summed E-state index contributed by atoms with van der Waals surface area (Å²) >= 11 is 9.50. The highest BCUT2D eigenvalue weighted by Gasteiger charge is 2.22. The van der Waals surface area contributed by atoms with Crippen molar-refractivity contribution in [2.24, 2.45) is 0 Å². The number of morpholine rings is 1. The van der Waals surface area contributed by atoms with Crippen molar-refractivity contribution < 1.29 is 4.74 Å². The van der Waals surface area contributed by atoms with Crippen LogP contribution in [-0.2, 0) is 17.8 Å². The van der Waals surface area contributed by atoms with Crippen LogP contribution in [-0.4, -0.2) is 46.4 Å². The number of halogens is 2. The molecule has 1 aliphatic heterocycles. The van der Waals surface area contributed by atoms with Gasteiger partial charge in [-0.1, -0.05) is 0 Å². The molecule has 0 spiro atoms. The Kier molecular flexibility index (Phi) is 5.06. The highest BCUT2D eigenvalue weighted by Crippen LogP contribution is 2.23. The second-order valence-corrected chi connectivity index (χ2v) is 5.65. The van der Waals surface area contributed by atoms with Crippen LogP contribution in [0.25, 0.3) is 0 Å². The van der Waals surface area contributed by atoms with Crippen LogP contribution in [0.2, 0.25) is 0 Å². The second kappa shape index (κ2) is 6.37. The van der Waals surface area contributed by atoms with Gasteiger partial charge in [0, 0.05) is 32.1 Å². The molecular formula is C12H19BrClN3O. The summed E-state index contributed by atoms with van der Waals surface area (Å²) in [6, 6.07) is 0. The lowest BCUT2D eigenvalue weighted by Gasteiger charge is -2.32. The molecular weight excluding hydrogens is 318 g/mol. The van der Waals surface area contributed by atoms with E-state index in [-0.39, 0.29) is 6.10 Å². The molecule has 18 heavy (non-hydrogen) atoms. The number of hydrogen-bond acceptors (Lipinski definition) is 3. The Morgan fingerprint density at radius 3 is 3.00 bits per heavy atom. The first-order valence-electron chi connectivity index (χ1n) is 6.27. The Bertz CT molecular complexity index is 410. The van der Waals surface area contributed by atoms with Gasteiger partial charge in [-0.2, -0.15) is 5.10 Å². The number of ether oxygens (including phenoxy) is 1. The van der Waals surface area contributed by atoms with Gasteiger partial charge in [0.25, 0.3) is 0 Å². The average molecular weight is 337 g/mol. The third kappa shape index (κ3) is 3.07. The summed E-state index contributed by atoms with van der Waals surface area (Å²) in [6.07, 6.45) is 0.151. The smallest absolute Gasteiger partial charge is 0.0837 e. The molecule has 102 valence electrons. The first-order chi connectivity index (χ1) is 8.65. The molecule has 2 heterocycles. The van der Waals surface area contributed by atoms with Crippen LogP contribution in [0.3, 0.4) is 0 Å². The van der Waals surface area contributed by atoms with E-state index in [1.54, 1.807) is 0 Å². The van der Waals surface area contributed by atoms with E-state index in [1.165, 1.54) is 5.69 Å². The van der Waals surface area contributed by atoms with Crippen molar-refractivity contribution in [2.75, 3.05) is 25.6 Å². The molecule has 1 aromatic rings. The van der Waals surface area contributed by atoms with Gasteiger partial charge in [-0.25, -0.2) is 0 Å². The van der Waals surface area contributed by atoms with Crippen molar-refractivity contribution in [3.8, 4) is 0 Å². The maximum atomic E-state index is 5.86. The molecule has 1 saturated heterocycles. The summed E-state index contributed by atoms with van der Waals surface area (Å²) in [5.41, 5.74) is 2.29. The largest absolute Gasteiger partial charge is 0.374 e. The van der Waals surface area contributed by atoms with Gasteiger partial charge in [-0.05, 0) is 29.8 Å². The van der Waals surface area contributed by atoms with E-state index in [2.05, 4.69) is 37.5 Å². The summed E-state index contributed by atoms with van der Waals surface area (Å²) in [5.74, 6) is 0.559. The maximum Gasteiger partial charge on any atom is 0.0837 e. The normalized spacial score (nSPS) is 21.4. The topological polar surface area (TPSA) is 30.3 Å². The third-order valence-corrected chi connectivity index (χ3v) is 4.60. The lowest BCUT2D eigenvalue weighted by molar-refractivity contribution is -0.0202. The lowest BCUT2D eigenvalue weighted by Crippen LogP contribution is -2.43. The van der Waals surface area contributed by atoms with Gasteiger partial charge in [0.05, 0.1) is 28.6 Å². The molecule has 1 unspecified atom stereocenters. The summed E-state index contributed by atoms with van der Waals surface area (Å²) < 4.78 is 8.76. The molecule has 6 heteroatoms. The monoisotopic (exact) mass is 335 g/mol. The van der Waals surface area contributed by atoms with Gasteiger partial charge < -0.3 is 4.74 Å². The van der Waals surface area contributed by atoms with Crippen LogP contribution < -0.4 is 0 Å². The predicted octanol–water partition coefficient (Wildman–Crippen LogP) is 2.41. The van der Waals surface area contributed by atoms with Crippen molar-refractivity contribution in [3.05, 3.63) is 15.9 Å². The number of aromatic nitrogens is 2. The van der Waals surface area contributed by atoms with Gasteiger partial charge in [-0.15, -0.1) is 11.6 Å². The fourth-order valence-corrected chi connectivity index (χ4v) is 2.85. The molecule has 1 aromatic heterocycles. The van der Waals surface area contributed by atoms with E-state index in [1.807, 2.05) is 6.92 Å². The van der Waals surface area contributed by atoms with E-state index in [0.717, 1.165) is 43.0 Å². The fraction of sp³-hybridized carbons (Fsp3) is 0.750. The van der Waals surface area contributed by atoms with Crippen molar-refractivity contribution in [1.29, 1.82) is 0 Å². The van der Waals surface area contributed by atoms with Gasteiger partial charge in [-0.3, -0.25) is 9.58 Å². The quantitative estimate of drug-likeness (QED) is 0.791. The highest BCUT2D eigenvalue weighted by molar-refractivity contribution is 9.10. The molecule has 0 bridgehead atoms. The Hall–Kier alpha value is -0.100. The second-order valence-electron chi connectivity index (χ2n) is 4.54. The summed E-state index contributed by atoms with van der Waals surface area (Å²) in [6.45, 7) is 8.53. The van der Waals surface area contributed by atoms with E-state index < -0.39 is 0 Å². The van der Waals surface area contributed by atoms with Crippen molar-refractivity contribution >= 4 is 27.5 Å². The van der Waals surface area contributed by atoms with Crippen LogP contribution >= 0.6 is 27.5 Å². The van der Waals surface area contributed by atoms with Crippen LogP contribution in [0.5, 0.6) is 0 Å². The minimum atomic E-state index is 0.151. The standard InChI is InChI=1S/C12H19BrClN3O/c1-3-17-11(12(13)9(2)15-17)8-16-4-5-18-10(6-14)7-16/h10H,3-8H2,1-2H3. The van der Waals surface area contributed by atoms with Crippen LogP contribution in [0, 0.1) is 6.92 Å². The van der Waals surface area contributed by atoms with Crippen molar-refractivity contribution in [2.45, 2.75) is 33.0 Å². The van der Waals surface area contributed by atoms with Gasteiger partial charge in [0.1, 0.15) is 0 Å². The predicted molar refractivity (Wildman–Crippen MR) is 76.1 cm³/mol. The van der Waals surface area contributed by atoms with Gasteiger partial charge >= 0.3 is 0 Å². The van der Waals surface area contributed by atoms with Crippen molar-refractivity contribution in [1.82, 2.24) is 14.7 Å².